The minimum Gasteiger partial charge on any atom is -0.493 e. The average Bonchev–Trinajstić information content (AvgIpc) is 3.15. The van der Waals surface area contributed by atoms with Crippen molar-refractivity contribution in [1.29, 1.82) is 0 Å². The number of amides is 1. The van der Waals surface area contributed by atoms with Gasteiger partial charge in [-0.15, -0.1) is 0 Å². The maximum atomic E-state index is 11.5. The van der Waals surface area contributed by atoms with E-state index in [1.54, 1.807) is 6.08 Å². The molecule has 1 aliphatic rings. The van der Waals surface area contributed by atoms with Gasteiger partial charge in [0.1, 0.15) is 5.75 Å². The number of fused-ring (bicyclic) bond motifs is 1. The molecule has 5 nitrogen and oxygen atoms in total. The highest BCUT2D eigenvalue weighted by molar-refractivity contribution is 5.87. The number of hydrogen-bond acceptors (Lipinski definition) is 4. The summed E-state index contributed by atoms with van der Waals surface area (Å²) in [6, 6.07) is 5.69. The first-order valence-corrected chi connectivity index (χ1v) is 10.3. The second-order valence-corrected chi connectivity index (χ2v) is 7.35. The Hall–Kier alpha value is -2.43. The van der Waals surface area contributed by atoms with E-state index in [-0.39, 0.29) is 12.7 Å². The number of rotatable bonds is 13. The van der Waals surface area contributed by atoms with E-state index in [4.69, 9.17) is 14.2 Å². The van der Waals surface area contributed by atoms with E-state index in [2.05, 4.69) is 25.2 Å². The van der Waals surface area contributed by atoms with Crippen LogP contribution >= 0.6 is 0 Å². The maximum Gasteiger partial charge on any atom is 0.243 e. The van der Waals surface area contributed by atoms with Crippen molar-refractivity contribution in [1.82, 2.24) is 5.32 Å². The lowest BCUT2D eigenvalue weighted by atomic mass is 10.1. The van der Waals surface area contributed by atoms with Gasteiger partial charge in [-0.1, -0.05) is 51.3 Å². The summed E-state index contributed by atoms with van der Waals surface area (Å²) in [7, 11) is 0. The lowest BCUT2D eigenvalue weighted by molar-refractivity contribution is -0.116. The molecule has 0 unspecified atom stereocenters. The molecule has 154 valence electrons. The van der Waals surface area contributed by atoms with E-state index in [0.29, 0.717) is 12.5 Å². The summed E-state index contributed by atoms with van der Waals surface area (Å²) in [5, 5.41) is 2.86. The van der Waals surface area contributed by atoms with Gasteiger partial charge in [-0.05, 0) is 37.3 Å². The number of ether oxygens (including phenoxy) is 3. The van der Waals surface area contributed by atoms with Crippen LogP contribution in [-0.4, -0.2) is 25.9 Å². The summed E-state index contributed by atoms with van der Waals surface area (Å²) in [5.41, 5.74) is 0. The first-order chi connectivity index (χ1) is 13.6. The van der Waals surface area contributed by atoms with Gasteiger partial charge in [-0.2, -0.15) is 0 Å². The minimum atomic E-state index is -0.0266. The van der Waals surface area contributed by atoms with Crippen molar-refractivity contribution in [2.75, 3.05) is 19.9 Å². The standard InChI is InChI=1S/C23H33NO4/c1-19(2)17-24-23(25)12-10-8-6-4-3-5-7-9-11-15-26-20-13-14-21-22(16-20)28-18-27-21/h6,8,10,12-14,16,19H,3-5,7,9,11,15,17-18H2,1-2H3,(H,24,25). The molecule has 0 radical (unpaired) electrons. The Morgan fingerprint density at radius 3 is 2.75 bits per heavy atom. The highest BCUT2D eigenvalue weighted by Crippen LogP contribution is 2.35. The van der Waals surface area contributed by atoms with Crippen molar-refractivity contribution in [3.63, 3.8) is 0 Å². The molecule has 1 aromatic carbocycles. The van der Waals surface area contributed by atoms with Crippen LogP contribution in [-0.2, 0) is 4.79 Å². The third-order valence-electron chi connectivity index (χ3n) is 4.31. The number of allylic oxidation sites excluding steroid dienone is 3. The van der Waals surface area contributed by atoms with Crippen LogP contribution in [0.25, 0.3) is 0 Å². The molecule has 0 aliphatic carbocycles. The highest BCUT2D eigenvalue weighted by Gasteiger charge is 2.13. The normalized spacial score (nSPS) is 13.0. The van der Waals surface area contributed by atoms with Crippen LogP contribution in [0.3, 0.4) is 0 Å². The Kier molecular flexibility index (Phi) is 10.0. The molecule has 0 spiro atoms. The molecular formula is C23H33NO4. The largest absolute Gasteiger partial charge is 0.493 e. The van der Waals surface area contributed by atoms with Crippen molar-refractivity contribution in [3.8, 4) is 17.2 Å². The van der Waals surface area contributed by atoms with Crippen LogP contribution in [0.1, 0.15) is 52.4 Å². The third kappa shape index (κ3) is 8.98. The molecule has 1 aromatic rings. The van der Waals surface area contributed by atoms with Crippen molar-refractivity contribution >= 4 is 5.91 Å². The van der Waals surface area contributed by atoms with Crippen molar-refractivity contribution in [2.45, 2.75) is 52.4 Å². The second kappa shape index (κ2) is 12.9. The number of hydrogen-bond donors (Lipinski definition) is 1. The monoisotopic (exact) mass is 387 g/mol. The van der Waals surface area contributed by atoms with E-state index in [1.807, 2.05) is 30.4 Å². The second-order valence-electron chi connectivity index (χ2n) is 7.35. The summed E-state index contributed by atoms with van der Waals surface area (Å²) >= 11 is 0. The van der Waals surface area contributed by atoms with E-state index in [9.17, 15) is 4.79 Å². The van der Waals surface area contributed by atoms with Gasteiger partial charge < -0.3 is 19.5 Å². The fourth-order valence-corrected chi connectivity index (χ4v) is 2.73. The van der Waals surface area contributed by atoms with Crippen LogP contribution in [0.4, 0.5) is 0 Å². The molecule has 1 heterocycles. The summed E-state index contributed by atoms with van der Waals surface area (Å²) in [5.74, 6) is 2.83. The van der Waals surface area contributed by atoms with Gasteiger partial charge in [-0.25, -0.2) is 0 Å². The fourth-order valence-electron chi connectivity index (χ4n) is 2.73. The number of unbranched alkanes of at least 4 members (excludes halogenated alkanes) is 5. The molecule has 1 N–H and O–H groups in total. The summed E-state index contributed by atoms with van der Waals surface area (Å²) < 4.78 is 16.4. The van der Waals surface area contributed by atoms with E-state index in [1.165, 1.54) is 25.7 Å². The number of carbonyl (C=O) groups excluding carboxylic acids is 1. The van der Waals surface area contributed by atoms with E-state index >= 15 is 0 Å². The smallest absolute Gasteiger partial charge is 0.243 e. The average molecular weight is 388 g/mol. The van der Waals surface area contributed by atoms with Gasteiger partial charge in [-0.3, -0.25) is 4.79 Å². The SMILES string of the molecule is CC(C)CNC(=O)C=CC=CCCCCCCCOc1ccc2c(c1)OCO2. The third-order valence-corrected chi connectivity index (χ3v) is 4.31. The Morgan fingerprint density at radius 2 is 1.89 bits per heavy atom. The lowest BCUT2D eigenvalue weighted by Gasteiger charge is -2.06. The topological polar surface area (TPSA) is 56.8 Å². The van der Waals surface area contributed by atoms with Crippen LogP contribution in [0, 0.1) is 5.92 Å². The van der Waals surface area contributed by atoms with Crippen molar-refractivity contribution in [2.24, 2.45) is 5.92 Å². The molecule has 0 saturated carbocycles. The van der Waals surface area contributed by atoms with E-state index < -0.39 is 0 Å². The van der Waals surface area contributed by atoms with Crippen LogP contribution in [0.2, 0.25) is 0 Å². The molecule has 0 atom stereocenters. The van der Waals surface area contributed by atoms with Gasteiger partial charge in [0.25, 0.3) is 0 Å². The van der Waals surface area contributed by atoms with Crippen LogP contribution in [0.15, 0.2) is 42.5 Å². The van der Waals surface area contributed by atoms with Gasteiger partial charge in [0, 0.05) is 18.7 Å². The quantitative estimate of drug-likeness (QED) is 0.293. The number of carbonyl (C=O) groups is 1. The lowest BCUT2D eigenvalue weighted by Crippen LogP contribution is -2.25. The predicted octanol–water partition coefficient (Wildman–Crippen LogP) is 5.02. The minimum absolute atomic E-state index is 0.0266. The summed E-state index contributed by atoms with van der Waals surface area (Å²) in [6.45, 7) is 5.89. The molecular weight excluding hydrogens is 354 g/mol. The summed E-state index contributed by atoms with van der Waals surface area (Å²) in [6.07, 6.45) is 14.3. The first-order valence-electron chi connectivity index (χ1n) is 10.3. The zero-order valence-electron chi connectivity index (χ0n) is 17.1. The fraction of sp³-hybridized carbons (Fsp3) is 0.522. The van der Waals surface area contributed by atoms with Crippen LogP contribution < -0.4 is 19.5 Å². The molecule has 0 aromatic heterocycles. The zero-order chi connectivity index (χ0) is 20.0. The van der Waals surface area contributed by atoms with Gasteiger partial charge >= 0.3 is 0 Å². The zero-order valence-corrected chi connectivity index (χ0v) is 17.1. The molecule has 2 rings (SSSR count). The Bertz CT molecular complexity index is 652. The Balaban J connectivity index is 1.42. The van der Waals surface area contributed by atoms with Crippen molar-refractivity contribution < 1.29 is 19.0 Å². The molecule has 28 heavy (non-hydrogen) atoms. The predicted molar refractivity (Wildman–Crippen MR) is 112 cm³/mol. The van der Waals surface area contributed by atoms with Crippen molar-refractivity contribution in [3.05, 3.63) is 42.5 Å². The number of nitrogens with one attached hydrogen (secondary N) is 1. The molecule has 1 amide bonds. The van der Waals surface area contributed by atoms with Gasteiger partial charge in [0.15, 0.2) is 11.5 Å². The van der Waals surface area contributed by atoms with Gasteiger partial charge in [0.05, 0.1) is 6.61 Å². The molecule has 0 saturated heterocycles. The highest BCUT2D eigenvalue weighted by atomic mass is 16.7. The molecule has 1 aliphatic heterocycles. The maximum absolute atomic E-state index is 11.5. The number of benzene rings is 1. The van der Waals surface area contributed by atoms with E-state index in [0.717, 1.165) is 36.7 Å². The summed E-state index contributed by atoms with van der Waals surface area (Å²) in [4.78, 5) is 11.5. The Labute approximate surface area is 168 Å². The Morgan fingerprint density at radius 1 is 1.11 bits per heavy atom. The molecule has 0 fully saturated rings. The van der Waals surface area contributed by atoms with Gasteiger partial charge in [0.2, 0.25) is 12.7 Å². The molecule has 5 heteroatoms. The van der Waals surface area contributed by atoms with Crippen LogP contribution in [0.5, 0.6) is 17.2 Å². The molecule has 0 bridgehead atoms. The first kappa shape index (κ1) is 21.9.